The van der Waals surface area contributed by atoms with E-state index in [9.17, 15) is 18.0 Å². The summed E-state index contributed by atoms with van der Waals surface area (Å²) in [4.78, 5) is 29.6. The van der Waals surface area contributed by atoms with Crippen molar-refractivity contribution in [2.24, 2.45) is 0 Å². The number of nitrogens with one attached hydrogen (secondary N) is 1. The summed E-state index contributed by atoms with van der Waals surface area (Å²) in [5.74, 6) is -0.891. The lowest BCUT2D eigenvalue weighted by molar-refractivity contribution is 0.0526. The highest BCUT2D eigenvalue weighted by Gasteiger charge is 2.30. The third kappa shape index (κ3) is 6.19. The van der Waals surface area contributed by atoms with E-state index in [1.807, 2.05) is 24.3 Å². The average molecular weight is 590 g/mol. The molecule has 8 nitrogen and oxygen atoms in total. The maximum Gasteiger partial charge on any atom is 0.341 e. The summed E-state index contributed by atoms with van der Waals surface area (Å²) in [7, 11) is -2.32. The summed E-state index contributed by atoms with van der Waals surface area (Å²) in [5.41, 5.74) is 3.34. The zero-order valence-electron chi connectivity index (χ0n) is 22.9. The molecule has 0 spiro atoms. The highest BCUT2D eigenvalue weighted by Crippen LogP contribution is 2.38. The summed E-state index contributed by atoms with van der Waals surface area (Å²) >= 11 is 1.39. The molecule has 3 aromatic carbocycles. The van der Waals surface area contributed by atoms with Gasteiger partial charge >= 0.3 is 5.97 Å². The first-order valence-corrected chi connectivity index (χ1v) is 15.6. The Balaban J connectivity index is 1.35. The molecule has 41 heavy (non-hydrogen) atoms. The summed E-state index contributed by atoms with van der Waals surface area (Å²) in [5, 5.41) is 3.34. The van der Waals surface area contributed by atoms with Crippen LogP contribution < -0.4 is 9.62 Å². The molecule has 5 rings (SSSR count). The standard InChI is InChI=1S/C31H31N3O5S2/c1-3-39-31(36)28-26-18-19-34(20-22-10-6-4-7-11-22)21-27(26)40-30(28)32-29(35)23-14-16-25(17-15-23)41(37,38)33(2)24-12-8-5-9-13-24/h4-17H,3,18-21H2,1-2H3,(H,32,35). The zero-order chi connectivity index (χ0) is 29.0. The number of nitrogens with zero attached hydrogens (tertiary/aromatic N) is 2. The molecule has 1 amide bonds. The van der Waals surface area contributed by atoms with E-state index in [2.05, 4.69) is 22.3 Å². The minimum atomic E-state index is -3.81. The molecular weight excluding hydrogens is 558 g/mol. The van der Waals surface area contributed by atoms with E-state index in [0.717, 1.165) is 23.5 Å². The van der Waals surface area contributed by atoms with Gasteiger partial charge in [0, 0.05) is 37.1 Å². The molecule has 1 aromatic heterocycles. The van der Waals surface area contributed by atoms with Gasteiger partial charge in [-0.2, -0.15) is 0 Å². The van der Waals surface area contributed by atoms with E-state index in [4.69, 9.17) is 4.74 Å². The molecule has 0 fully saturated rings. The summed E-state index contributed by atoms with van der Waals surface area (Å²) in [6.07, 6.45) is 0.671. The zero-order valence-corrected chi connectivity index (χ0v) is 24.5. The summed E-state index contributed by atoms with van der Waals surface area (Å²) < 4.78 is 32.8. The van der Waals surface area contributed by atoms with Crippen LogP contribution in [0.2, 0.25) is 0 Å². The Labute approximate surface area is 244 Å². The van der Waals surface area contributed by atoms with Gasteiger partial charge < -0.3 is 10.1 Å². The number of hydrogen-bond donors (Lipinski definition) is 1. The molecule has 0 atom stereocenters. The molecule has 0 saturated heterocycles. The van der Waals surface area contributed by atoms with E-state index in [-0.39, 0.29) is 17.1 Å². The number of sulfonamides is 1. The Morgan fingerprint density at radius 1 is 0.976 bits per heavy atom. The first-order valence-electron chi connectivity index (χ1n) is 13.3. The predicted molar refractivity (Wildman–Crippen MR) is 161 cm³/mol. The minimum Gasteiger partial charge on any atom is -0.462 e. The van der Waals surface area contributed by atoms with Gasteiger partial charge in [0.15, 0.2) is 0 Å². The van der Waals surface area contributed by atoms with Crippen LogP contribution in [-0.2, 0) is 34.3 Å². The topological polar surface area (TPSA) is 96.0 Å². The molecule has 10 heteroatoms. The smallest absolute Gasteiger partial charge is 0.341 e. The van der Waals surface area contributed by atoms with Crippen LogP contribution in [0.15, 0.2) is 89.8 Å². The van der Waals surface area contributed by atoms with Crippen molar-refractivity contribution in [2.75, 3.05) is 29.8 Å². The van der Waals surface area contributed by atoms with Crippen LogP contribution >= 0.6 is 11.3 Å². The van der Waals surface area contributed by atoms with Crippen molar-refractivity contribution in [3.05, 3.63) is 112 Å². The lowest BCUT2D eigenvalue weighted by atomic mass is 10.0. The van der Waals surface area contributed by atoms with Crippen molar-refractivity contribution < 1.29 is 22.7 Å². The number of fused-ring (bicyclic) bond motifs is 1. The van der Waals surface area contributed by atoms with Crippen molar-refractivity contribution in [3.8, 4) is 0 Å². The molecular formula is C31H31N3O5S2. The highest BCUT2D eigenvalue weighted by molar-refractivity contribution is 7.92. The second-order valence-electron chi connectivity index (χ2n) is 9.66. The predicted octanol–water partition coefficient (Wildman–Crippen LogP) is 5.56. The third-order valence-corrected chi connectivity index (χ3v) is 9.92. The van der Waals surface area contributed by atoms with Crippen LogP contribution in [0, 0.1) is 0 Å². The van der Waals surface area contributed by atoms with Gasteiger partial charge in [0.1, 0.15) is 5.00 Å². The molecule has 1 aliphatic heterocycles. The van der Waals surface area contributed by atoms with E-state index in [1.165, 1.54) is 52.5 Å². The molecule has 1 N–H and O–H groups in total. The lowest BCUT2D eigenvalue weighted by Gasteiger charge is -2.27. The van der Waals surface area contributed by atoms with Crippen LogP contribution in [0.25, 0.3) is 0 Å². The van der Waals surface area contributed by atoms with Crippen molar-refractivity contribution in [3.63, 3.8) is 0 Å². The van der Waals surface area contributed by atoms with E-state index in [1.54, 1.807) is 31.2 Å². The average Bonchev–Trinajstić information content (AvgIpc) is 3.35. The number of rotatable bonds is 9. The third-order valence-electron chi connectivity index (χ3n) is 6.99. The fourth-order valence-electron chi connectivity index (χ4n) is 4.83. The molecule has 0 radical (unpaired) electrons. The number of thiophene rings is 1. The number of benzene rings is 3. The quantitative estimate of drug-likeness (QED) is 0.257. The molecule has 0 unspecified atom stereocenters. The van der Waals surface area contributed by atoms with Crippen LogP contribution in [0.1, 0.15) is 43.6 Å². The molecule has 1 aliphatic rings. The lowest BCUT2D eigenvalue weighted by Crippen LogP contribution is -2.29. The number of ether oxygens (including phenoxy) is 1. The van der Waals surface area contributed by atoms with Gasteiger partial charge in [0.25, 0.3) is 15.9 Å². The van der Waals surface area contributed by atoms with Gasteiger partial charge in [0.2, 0.25) is 0 Å². The van der Waals surface area contributed by atoms with Crippen molar-refractivity contribution in [1.29, 1.82) is 0 Å². The summed E-state index contributed by atoms with van der Waals surface area (Å²) in [6, 6.07) is 24.8. The Bertz CT molecular complexity index is 1640. The first-order chi connectivity index (χ1) is 19.8. The Morgan fingerprint density at radius 3 is 2.29 bits per heavy atom. The van der Waals surface area contributed by atoms with Gasteiger partial charge in [-0.1, -0.05) is 48.5 Å². The van der Waals surface area contributed by atoms with Gasteiger partial charge in [-0.3, -0.25) is 14.0 Å². The van der Waals surface area contributed by atoms with Crippen LogP contribution in [0.4, 0.5) is 10.7 Å². The number of amides is 1. The monoisotopic (exact) mass is 589 g/mol. The molecule has 4 aromatic rings. The van der Waals surface area contributed by atoms with Crippen molar-refractivity contribution in [2.45, 2.75) is 31.3 Å². The second-order valence-corrected chi connectivity index (χ2v) is 12.7. The van der Waals surface area contributed by atoms with Gasteiger partial charge in [-0.25, -0.2) is 13.2 Å². The van der Waals surface area contributed by atoms with Crippen LogP contribution in [-0.4, -0.2) is 45.4 Å². The first kappa shape index (κ1) is 28.5. The highest BCUT2D eigenvalue weighted by atomic mass is 32.2. The Kier molecular flexibility index (Phi) is 8.53. The van der Waals surface area contributed by atoms with Crippen LogP contribution in [0.5, 0.6) is 0 Å². The van der Waals surface area contributed by atoms with Crippen molar-refractivity contribution in [1.82, 2.24) is 4.90 Å². The van der Waals surface area contributed by atoms with Crippen molar-refractivity contribution >= 4 is 43.9 Å². The van der Waals surface area contributed by atoms with Crippen LogP contribution in [0.3, 0.4) is 0 Å². The maximum absolute atomic E-state index is 13.3. The minimum absolute atomic E-state index is 0.0673. The Hall–Kier alpha value is -3.99. The van der Waals surface area contributed by atoms with E-state index >= 15 is 0 Å². The van der Waals surface area contributed by atoms with E-state index in [0.29, 0.717) is 29.2 Å². The fraction of sp³-hybridized carbons (Fsp3) is 0.226. The Morgan fingerprint density at radius 2 is 1.63 bits per heavy atom. The second kappa shape index (κ2) is 12.3. The fourth-order valence-corrected chi connectivity index (χ4v) is 7.30. The SMILES string of the molecule is CCOC(=O)c1c(NC(=O)c2ccc(S(=O)(=O)N(C)c3ccccc3)cc2)sc2c1CCN(Cc1ccccc1)C2. The number of esters is 1. The number of hydrogen-bond acceptors (Lipinski definition) is 7. The van der Waals surface area contributed by atoms with E-state index < -0.39 is 21.9 Å². The summed E-state index contributed by atoms with van der Waals surface area (Å²) in [6.45, 7) is 4.22. The number of para-hydroxylation sites is 1. The number of anilines is 2. The number of carbonyl (C=O) groups is 2. The normalized spacial score (nSPS) is 13.3. The molecule has 0 saturated carbocycles. The van der Waals surface area contributed by atoms with Gasteiger partial charge in [0.05, 0.1) is 22.8 Å². The molecule has 212 valence electrons. The van der Waals surface area contributed by atoms with Gasteiger partial charge in [-0.05, 0) is 60.9 Å². The molecule has 0 aliphatic carbocycles. The number of carbonyl (C=O) groups excluding carboxylic acids is 2. The largest absolute Gasteiger partial charge is 0.462 e. The maximum atomic E-state index is 13.3. The molecule has 0 bridgehead atoms. The molecule has 2 heterocycles. The van der Waals surface area contributed by atoms with Gasteiger partial charge in [-0.15, -0.1) is 11.3 Å².